The molecule has 0 spiro atoms. The summed E-state index contributed by atoms with van der Waals surface area (Å²) in [6, 6.07) is 0. The molecule has 82 valence electrons. The van der Waals surface area contributed by atoms with Crippen molar-refractivity contribution in [3.8, 4) is 0 Å². The van der Waals surface area contributed by atoms with Gasteiger partial charge in [-0.1, -0.05) is 46.1 Å². The molecule has 0 radical (unpaired) electrons. The Morgan fingerprint density at radius 1 is 1.29 bits per heavy atom. The first-order valence-corrected chi connectivity index (χ1v) is 5.62. The summed E-state index contributed by atoms with van der Waals surface area (Å²) in [4.78, 5) is 10.9. The summed E-state index contributed by atoms with van der Waals surface area (Å²) in [7, 11) is 0. The minimum absolute atomic E-state index is 0.296. The predicted octanol–water partition coefficient (Wildman–Crippen LogP) is 3.02. The first-order chi connectivity index (χ1) is 6.63. The van der Waals surface area contributed by atoms with Crippen molar-refractivity contribution in [3.63, 3.8) is 0 Å². The van der Waals surface area contributed by atoms with Gasteiger partial charge in [-0.05, 0) is 18.8 Å². The molecule has 1 atom stereocenters. The zero-order valence-electron chi connectivity index (χ0n) is 9.51. The topological polar surface area (TPSA) is 43.1 Å². The maximum Gasteiger partial charge on any atom is 0.244 e. The Labute approximate surface area is 87.6 Å². The van der Waals surface area contributed by atoms with Crippen LogP contribution in [-0.4, -0.2) is 5.91 Å². The summed E-state index contributed by atoms with van der Waals surface area (Å²) >= 11 is 0. The molecule has 0 aliphatic rings. The number of rotatable bonds is 8. The van der Waals surface area contributed by atoms with Crippen LogP contribution in [0, 0.1) is 5.92 Å². The van der Waals surface area contributed by atoms with Gasteiger partial charge in [-0.3, -0.25) is 4.79 Å². The highest BCUT2D eigenvalue weighted by Crippen LogP contribution is 2.20. The van der Waals surface area contributed by atoms with E-state index in [1.165, 1.54) is 25.7 Å². The van der Waals surface area contributed by atoms with Crippen LogP contribution in [-0.2, 0) is 4.79 Å². The van der Waals surface area contributed by atoms with Gasteiger partial charge in [0.1, 0.15) is 0 Å². The highest BCUT2D eigenvalue weighted by atomic mass is 16.1. The lowest BCUT2D eigenvalue weighted by Gasteiger charge is -2.14. The van der Waals surface area contributed by atoms with Crippen LogP contribution in [0.1, 0.15) is 52.4 Å². The third-order valence-electron chi connectivity index (χ3n) is 2.71. The molecule has 0 aromatic heterocycles. The van der Waals surface area contributed by atoms with Crippen LogP contribution >= 0.6 is 0 Å². The molecule has 1 amide bonds. The largest absolute Gasteiger partial charge is 0.366 e. The fourth-order valence-electron chi connectivity index (χ4n) is 1.64. The molecule has 0 aromatic rings. The van der Waals surface area contributed by atoms with Crippen molar-refractivity contribution in [1.82, 2.24) is 0 Å². The van der Waals surface area contributed by atoms with Gasteiger partial charge in [0.15, 0.2) is 0 Å². The summed E-state index contributed by atoms with van der Waals surface area (Å²) in [6.07, 6.45) is 6.97. The molecule has 0 bridgehead atoms. The van der Waals surface area contributed by atoms with E-state index in [2.05, 4.69) is 20.4 Å². The highest BCUT2D eigenvalue weighted by molar-refractivity contribution is 5.91. The summed E-state index contributed by atoms with van der Waals surface area (Å²) in [5, 5.41) is 0. The van der Waals surface area contributed by atoms with E-state index >= 15 is 0 Å². The van der Waals surface area contributed by atoms with Crippen molar-refractivity contribution in [3.05, 3.63) is 12.2 Å². The number of hydrogen-bond donors (Lipinski definition) is 1. The summed E-state index contributed by atoms with van der Waals surface area (Å²) < 4.78 is 0. The molecule has 14 heavy (non-hydrogen) atoms. The van der Waals surface area contributed by atoms with E-state index in [1.54, 1.807) is 0 Å². The molecule has 0 aromatic carbocycles. The van der Waals surface area contributed by atoms with Gasteiger partial charge in [0.25, 0.3) is 0 Å². The Morgan fingerprint density at radius 2 is 1.93 bits per heavy atom. The van der Waals surface area contributed by atoms with Crippen molar-refractivity contribution in [2.45, 2.75) is 52.4 Å². The standard InChI is InChI=1S/C12H23NO/c1-4-6-7-8-9-11(5-2)10(3)12(13)14/h11H,3-9H2,1-2H3,(H2,13,14). The van der Waals surface area contributed by atoms with E-state index in [9.17, 15) is 4.79 Å². The maximum absolute atomic E-state index is 10.9. The van der Waals surface area contributed by atoms with Gasteiger partial charge < -0.3 is 5.73 Å². The van der Waals surface area contributed by atoms with Gasteiger partial charge >= 0.3 is 0 Å². The van der Waals surface area contributed by atoms with Crippen LogP contribution in [0.25, 0.3) is 0 Å². The van der Waals surface area contributed by atoms with Gasteiger partial charge in [0.2, 0.25) is 5.91 Å². The minimum atomic E-state index is -0.340. The number of carbonyl (C=O) groups excluding carboxylic acids is 1. The van der Waals surface area contributed by atoms with Gasteiger partial charge in [0.05, 0.1) is 0 Å². The molecule has 0 saturated carbocycles. The monoisotopic (exact) mass is 197 g/mol. The minimum Gasteiger partial charge on any atom is -0.366 e. The Kier molecular flexibility index (Phi) is 7.17. The highest BCUT2D eigenvalue weighted by Gasteiger charge is 2.13. The Balaban J connectivity index is 3.79. The number of nitrogens with two attached hydrogens (primary N) is 1. The van der Waals surface area contributed by atoms with Gasteiger partial charge in [-0.2, -0.15) is 0 Å². The summed E-state index contributed by atoms with van der Waals surface area (Å²) in [5.41, 5.74) is 5.81. The smallest absolute Gasteiger partial charge is 0.244 e. The number of carbonyl (C=O) groups is 1. The van der Waals surface area contributed by atoms with E-state index in [1.807, 2.05) is 0 Å². The first-order valence-electron chi connectivity index (χ1n) is 5.62. The first kappa shape index (κ1) is 13.2. The van der Waals surface area contributed by atoms with Crippen molar-refractivity contribution in [2.24, 2.45) is 11.7 Å². The van der Waals surface area contributed by atoms with Gasteiger partial charge in [-0.25, -0.2) is 0 Å². The zero-order chi connectivity index (χ0) is 11.0. The Bertz CT molecular complexity index is 187. The third kappa shape index (κ3) is 5.05. The normalized spacial score (nSPS) is 12.4. The second-order valence-electron chi connectivity index (χ2n) is 3.84. The number of primary amides is 1. The quantitative estimate of drug-likeness (QED) is 0.471. The lowest BCUT2D eigenvalue weighted by atomic mass is 9.91. The SMILES string of the molecule is C=C(C(N)=O)C(CC)CCCCCC. The fourth-order valence-corrected chi connectivity index (χ4v) is 1.64. The molecule has 2 nitrogen and oxygen atoms in total. The van der Waals surface area contributed by atoms with Crippen LogP contribution in [0.4, 0.5) is 0 Å². The van der Waals surface area contributed by atoms with E-state index < -0.39 is 0 Å². The van der Waals surface area contributed by atoms with Crippen LogP contribution in [0.3, 0.4) is 0 Å². The average Bonchev–Trinajstić information content (AvgIpc) is 2.17. The van der Waals surface area contributed by atoms with Crippen molar-refractivity contribution in [2.75, 3.05) is 0 Å². The number of amides is 1. The predicted molar refractivity (Wildman–Crippen MR) is 60.9 cm³/mol. The second-order valence-corrected chi connectivity index (χ2v) is 3.84. The molecular formula is C12H23NO. The summed E-state index contributed by atoms with van der Waals surface area (Å²) in [6.45, 7) is 8.03. The molecule has 0 fully saturated rings. The van der Waals surface area contributed by atoms with Crippen molar-refractivity contribution >= 4 is 5.91 Å². The van der Waals surface area contributed by atoms with E-state index in [0.29, 0.717) is 11.5 Å². The van der Waals surface area contributed by atoms with Gasteiger partial charge in [-0.15, -0.1) is 0 Å². The zero-order valence-corrected chi connectivity index (χ0v) is 9.51. The van der Waals surface area contributed by atoms with E-state index in [4.69, 9.17) is 5.73 Å². The molecular weight excluding hydrogens is 174 g/mol. The third-order valence-corrected chi connectivity index (χ3v) is 2.71. The molecule has 1 unspecified atom stereocenters. The van der Waals surface area contributed by atoms with E-state index in [-0.39, 0.29) is 5.91 Å². The van der Waals surface area contributed by atoms with Crippen LogP contribution in [0.5, 0.6) is 0 Å². The maximum atomic E-state index is 10.9. The lowest BCUT2D eigenvalue weighted by molar-refractivity contribution is -0.115. The fraction of sp³-hybridized carbons (Fsp3) is 0.750. The number of unbranched alkanes of at least 4 members (excludes halogenated alkanes) is 3. The second kappa shape index (κ2) is 7.60. The average molecular weight is 197 g/mol. The summed E-state index contributed by atoms with van der Waals surface area (Å²) in [5.74, 6) is -0.0447. The van der Waals surface area contributed by atoms with Crippen LogP contribution < -0.4 is 5.73 Å². The molecule has 2 heteroatoms. The van der Waals surface area contributed by atoms with E-state index in [0.717, 1.165) is 12.8 Å². The molecule has 0 rings (SSSR count). The van der Waals surface area contributed by atoms with Crippen LogP contribution in [0.2, 0.25) is 0 Å². The lowest BCUT2D eigenvalue weighted by Crippen LogP contribution is -2.19. The van der Waals surface area contributed by atoms with Gasteiger partial charge in [0, 0.05) is 5.57 Å². The Morgan fingerprint density at radius 3 is 2.36 bits per heavy atom. The molecule has 2 N–H and O–H groups in total. The Hall–Kier alpha value is -0.790. The molecule has 0 heterocycles. The number of hydrogen-bond acceptors (Lipinski definition) is 1. The van der Waals surface area contributed by atoms with Crippen LogP contribution in [0.15, 0.2) is 12.2 Å². The molecule has 0 saturated heterocycles. The molecule has 0 aliphatic heterocycles. The molecule has 0 aliphatic carbocycles. The van der Waals surface area contributed by atoms with Crippen molar-refractivity contribution < 1.29 is 4.79 Å². The van der Waals surface area contributed by atoms with Crippen molar-refractivity contribution in [1.29, 1.82) is 0 Å².